The van der Waals surface area contributed by atoms with Gasteiger partial charge in [0.1, 0.15) is 5.75 Å². The third-order valence-electron chi connectivity index (χ3n) is 3.63. The lowest BCUT2D eigenvalue weighted by Gasteiger charge is -2.24. The summed E-state index contributed by atoms with van der Waals surface area (Å²) in [5, 5.41) is 3.61. The van der Waals surface area contributed by atoms with E-state index in [0.29, 0.717) is 0 Å². The molecule has 1 N–H and O–H groups in total. The lowest BCUT2D eigenvalue weighted by atomic mass is 9.92. The van der Waals surface area contributed by atoms with Crippen LogP contribution in [0.15, 0.2) is 36.4 Å². The van der Waals surface area contributed by atoms with Gasteiger partial charge in [-0.25, -0.2) is 0 Å². The zero-order valence-corrected chi connectivity index (χ0v) is 15.2. The first kappa shape index (κ1) is 16.3. The Morgan fingerprint density at radius 3 is 2.52 bits per heavy atom. The molecular weight excluding hydrogens is 373 g/mol. The van der Waals surface area contributed by atoms with E-state index in [2.05, 4.69) is 85.1 Å². The van der Waals surface area contributed by atoms with E-state index >= 15 is 0 Å². The predicted octanol–water partition coefficient (Wildman–Crippen LogP) is 4.62. The smallest absolute Gasteiger partial charge is 0.124 e. The lowest BCUT2D eigenvalue weighted by Crippen LogP contribution is -2.24. The molecule has 0 saturated carbocycles. The second-order valence-corrected chi connectivity index (χ2v) is 6.37. The molecule has 0 aliphatic heterocycles. The highest BCUT2D eigenvalue weighted by molar-refractivity contribution is 14.1. The number of hydrogen-bond donors (Lipinski definition) is 1. The molecule has 0 fully saturated rings. The maximum Gasteiger partial charge on any atom is 0.124 e. The fourth-order valence-electron chi connectivity index (χ4n) is 2.76. The van der Waals surface area contributed by atoms with Crippen molar-refractivity contribution >= 4 is 22.6 Å². The second kappa shape index (κ2) is 7.27. The number of hydrogen-bond acceptors (Lipinski definition) is 2. The van der Waals surface area contributed by atoms with Gasteiger partial charge in [0.15, 0.2) is 0 Å². The Morgan fingerprint density at radius 2 is 1.90 bits per heavy atom. The van der Waals surface area contributed by atoms with Gasteiger partial charge in [-0.3, -0.25) is 0 Å². The Hall–Kier alpha value is -1.07. The van der Waals surface area contributed by atoms with Gasteiger partial charge in [0.2, 0.25) is 0 Å². The lowest BCUT2D eigenvalue weighted by molar-refractivity contribution is 0.403. The number of nitrogens with one attached hydrogen (secondary N) is 1. The Bertz CT molecular complexity index is 625. The van der Waals surface area contributed by atoms with Crippen LogP contribution in [0.5, 0.6) is 5.75 Å². The van der Waals surface area contributed by atoms with E-state index in [0.717, 1.165) is 12.3 Å². The van der Waals surface area contributed by atoms with Crippen LogP contribution in [0.3, 0.4) is 0 Å². The Labute approximate surface area is 141 Å². The molecule has 0 aliphatic rings. The van der Waals surface area contributed by atoms with Gasteiger partial charge < -0.3 is 10.1 Å². The quantitative estimate of drug-likeness (QED) is 0.747. The summed E-state index contributed by atoms with van der Waals surface area (Å²) < 4.78 is 6.92. The Morgan fingerprint density at radius 1 is 1.19 bits per heavy atom. The topological polar surface area (TPSA) is 21.3 Å². The van der Waals surface area contributed by atoms with E-state index in [1.165, 1.54) is 25.8 Å². The van der Waals surface area contributed by atoms with Crippen LogP contribution in [0.4, 0.5) is 0 Å². The van der Waals surface area contributed by atoms with Crippen LogP contribution >= 0.6 is 22.6 Å². The van der Waals surface area contributed by atoms with Gasteiger partial charge in [0.05, 0.1) is 13.2 Å². The van der Waals surface area contributed by atoms with Crippen molar-refractivity contribution in [2.24, 2.45) is 0 Å². The SMILES string of the molecule is CCNC(c1ccccc1I)c1c(C)cc(C)cc1OC. The van der Waals surface area contributed by atoms with Crippen LogP contribution in [0.1, 0.15) is 35.2 Å². The van der Waals surface area contributed by atoms with Gasteiger partial charge in [-0.1, -0.05) is 31.2 Å². The molecule has 2 aromatic carbocycles. The van der Waals surface area contributed by atoms with Crippen molar-refractivity contribution in [3.63, 3.8) is 0 Å². The number of methoxy groups -OCH3 is 1. The van der Waals surface area contributed by atoms with Crippen molar-refractivity contribution in [2.45, 2.75) is 26.8 Å². The summed E-state index contributed by atoms with van der Waals surface area (Å²) in [6.45, 7) is 7.31. The van der Waals surface area contributed by atoms with Gasteiger partial charge in [-0.05, 0) is 71.8 Å². The molecule has 0 bridgehead atoms. The average Bonchev–Trinajstić information content (AvgIpc) is 2.45. The molecule has 1 unspecified atom stereocenters. The second-order valence-electron chi connectivity index (χ2n) is 5.21. The first-order valence-corrected chi connectivity index (χ1v) is 8.29. The predicted molar refractivity (Wildman–Crippen MR) is 97.1 cm³/mol. The minimum atomic E-state index is 0.152. The molecule has 0 heterocycles. The van der Waals surface area contributed by atoms with Crippen molar-refractivity contribution in [3.8, 4) is 5.75 Å². The first-order valence-electron chi connectivity index (χ1n) is 7.21. The van der Waals surface area contributed by atoms with E-state index in [1.54, 1.807) is 7.11 Å². The summed E-state index contributed by atoms with van der Waals surface area (Å²) in [6.07, 6.45) is 0. The fourth-order valence-corrected chi connectivity index (χ4v) is 3.46. The summed E-state index contributed by atoms with van der Waals surface area (Å²) in [4.78, 5) is 0. The monoisotopic (exact) mass is 395 g/mol. The summed E-state index contributed by atoms with van der Waals surface area (Å²) in [6, 6.07) is 13.0. The van der Waals surface area contributed by atoms with Crippen LogP contribution in [-0.4, -0.2) is 13.7 Å². The number of rotatable bonds is 5. The number of aryl methyl sites for hydroxylation is 2. The van der Waals surface area contributed by atoms with E-state index in [9.17, 15) is 0 Å². The van der Waals surface area contributed by atoms with Crippen molar-refractivity contribution in [1.82, 2.24) is 5.32 Å². The molecule has 0 aliphatic carbocycles. The molecule has 0 saturated heterocycles. The normalized spacial score (nSPS) is 12.2. The van der Waals surface area contributed by atoms with Gasteiger partial charge in [-0.15, -0.1) is 0 Å². The largest absolute Gasteiger partial charge is 0.496 e. The van der Waals surface area contributed by atoms with E-state index in [1.807, 2.05) is 0 Å². The standard InChI is InChI=1S/C18H22INO/c1-5-20-18(14-8-6-7-9-15(14)19)17-13(3)10-12(2)11-16(17)21-4/h6-11,18,20H,5H2,1-4H3. The van der Waals surface area contributed by atoms with Crippen LogP contribution in [-0.2, 0) is 0 Å². The van der Waals surface area contributed by atoms with Gasteiger partial charge >= 0.3 is 0 Å². The van der Waals surface area contributed by atoms with Crippen molar-refractivity contribution in [3.05, 3.63) is 62.2 Å². The number of ether oxygens (including phenoxy) is 1. The molecule has 0 amide bonds. The molecule has 3 heteroatoms. The van der Waals surface area contributed by atoms with Gasteiger partial charge in [0, 0.05) is 9.13 Å². The summed E-state index contributed by atoms with van der Waals surface area (Å²) in [7, 11) is 1.75. The summed E-state index contributed by atoms with van der Waals surface area (Å²) in [5.74, 6) is 0.957. The Balaban J connectivity index is 2.61. The van der Waals surface area contributed by atoms with Crippen LogP contribution in [0.25, 0.3) is 0 Å². The molecule has 0 aromatic heterocycles. The minimum absolute atomic E-state index is 0.152. The van der Waals surface area contributed by atoms with Crippen LogP contribution < -0.4 is 10.1 Å². The third kappa shape index (κ3) is 3.58. The highest BCUT2D eigenvalue weighted by Crippen LogP contribution is 2.35. The highest BCUT2D eigenvalue weighted by atomic mass is 127. The van der Waals surface area contributed by atoms with Crippen LogP contribution in [0.2, 0.25) is 0 Å². The van der Waals surface area contributed by atoms with E-state index in [-0.39, 0.29) is 6.04 Å². The molecule has 21 heavy (non-hydrogen) atoms. The molecule has 2 rings (SSSR count). The van der Waals surface area contributed by atoms with Gasteiger partial charge in [-0.2, -0.15) is 0 Å². The van der Waals surface area contributed by atoms with Gasteiger partial charge in [0.25, 0.3) is 0 Å². The average molecular weight is 395 g/mol. The number of benzene rings is 2. The first-order chi connectivity index (χ1) is 10.1. The zero-order chi connectivity index (χ0) is 15.4. The summed E-state index contributed by atoms with van der Waals surface area (Å²) in [5.41, 5.74) is 5.02. The van der Waals surface area contributed by atoms with Crippen molar-refractivity contribution < 1.29 is 4.74 Å². The maximum atomic E-state index is 5.65. The van der Waals surface area contributed by atoms with E-state index in [4.69, 9.17) is 4.74 Å². The maximum absolute atomic E-state index is 5.65. The molecule has 1 atom stereocenters. The molecule has 2 nitrogen and oxygen atoms in total. The number of halogens is 1. The molecule has 0 spiro atoms. The third-order valence-corrected chi connectivity index (χ3v) is 4.61. The molecular formula is C18H22INO. The van der Waals surface area contributed by atoms with E-state index < -0.39 is 0 Å². The van der Waals surface area contributed by atoms with Crippen LogP contribution in [0, 0.1) is 17.4 Å². The Kier molecular flexibility index (Phi) is 5.65. The summed E-state index contributed by atoms with van der Waals surface area (Å²) >= 11 is 2.40. The van der Waals surface area contributed by atoms with Crippen molar-refractivity contribution in [2.75, 3.05) is 13.7 Å². The zero-order valence-electron chi connectivity index (χ0n) is 13.0. The highest BCUT2D eigenvalue weighted by Gasteiger charge is 2.21. The van der Waals surface area contributed by atoms with Crippen molar-refractivity contribution in [1.29, 1.82) is 0 Å². The minimum Gasteiger partial charge on any atom is -0.496 e. The molecule has 112 valence electrons. The fraction of sp³-hybridized carbons (Fsp3) is 0.333. The molecule has 2 aromatic rings. The molecule has 0 radical (unpaired) electrons.